The van der Waals surface area contributed by atoms with Gasteiger partial charge in [0.05, 0.1) is 12.2 Å². The molecule has 0 fully saturated rings. The lowest BCUT2D eigenvalue weighted by molar-refractivity contribution is 0.0764. The Morgan fingerprint density at radius 1 is 1.47 bits per heavy atom. The molecule has 0 bridgehead atoms. The van der Waals surface area contributed by atoms with Crippen molar-refractivity contribution in [3.8, 4) is 0 Å². The highest BCUT2D eigenvalue weighted by Crippen LogP contribution is 2.07. The number of hydrogen-bond donors (Lipinski definition) is 0. The summed E-state index contributed by atoms with van der Waals surface area (Å²) < 4.78 is 18.2. The number of rotatable bonds is 6. The maximum absolute atomic E-state index is 13.1. The van der Waals surface area contributed by atoms with E-state index in [1.165, 1.54) is 12.1 Å². The molecule has 0 unspecified atom stereocenters. The number of hydrogen-bond acceptors (Lipinski definition) is 2. The minimum absolute atomic E-state index is 0.0797. The van der Waals surface area contributed by atoms with Gasteiger partial charge >= 0.3 is 0 Å². The van der Waals surface area contributed by atoms with E-state index in [1.807, 2.05) is 0 Å². The molecule has 2 nitrogen and oxygen atoms in total. The summed E-state index contributed by atoms with van der Waals surface area (Å²) in [6, 6.07) is 5.89. The largest absolute Gasteiger partial charge is 0.373 e. The summed E-state index contributed by atoms with van der Waals surface area (Å²) in [4.78, 5) is 11.4. The normalized spacial score (nSPS) is 9.93. The minimum atomic E-state index is -0.505. The molecule has 0 aliphatic carbocycles. The van der Waals surface area contributed by atoms with Gasteiger partial charge in [-0.15, -0.1) is 6.58 Å². The Morgan fingerprint density at radius 3 is 2.87 bits per heavy atom. The van der Waals surface area contributed by atoms with Crippen LogP contribution in [-0.2, 0) is 4.74 Å². The number of benzene rings is 1. The van der Waals surface area contributed by atoms with Crippen LogP contribution >= 0.6 is 0 Å². The number of halogens is 1. The van der Waals surface area contributed by atoms with E-state index in [0.29, 0.717) is 13.0 Å². The van der Waals surface area contributed by atoms with Gasteiger partial charge in [-0.1, -0.05) is 18.2 Å². The molecule has 0 radical (unpaired) electrons. The summed E-state index contributed by atoms with van der Waals surface area (Å²) in [7, 11) is 0. The zero-order chi connectivity index (χ0) is 11.1. The molecular formula is C12H13FO2. The van der Waals surface area contributed by atoms with E-state index in [2.05, 4.69) is 6.58 Å². The van der Waals surface area contributed by atoms with Gasteiger partial charge in [-0.05, 0) is 18.6 Å². The highest BCUT2D eigenvalue weighted by Gasteiger charge is 2.10. The van der Waals surface area contributed by atoms with E-state index < -0.39 is 5.82 Å². The van der Waals surface area contributed by atoms with Crippen LogP contribution in [0.2, 0.25) is 0 Å². The second kappa shape index (κ2) is 6.09. The summed E-state index contributed by atoms with van der Waals surface area (Å²) in [5.74, 6) is -0.841. The third-order valence-corrected chi connectivity index (χ3v) is 1.87. The second-order valence-electron chi connectivity index (χ2n) is 3.03. The van der Waals surface area contributed by atoms with E-state index >= 15 is 0 Å². The molecule has 3 heteroatoms. The fourth-order valence-corrected chi connectivity index (χ4v) is 1.10. The zero-order valence-electron chi connectivity index (χ0n) is 8.41. The molecule has 0 saturated heterocycles. The molecule has 0 amide bonds. The fourth-order valence-electron chi connectivity index (χ4n) is 1.10. The van der Waals surface area contributed by atoms with Crippen LogP contribution in [0.4, 0.5) is 4.39 Å². The number of carbonyl (C=O) groups excluding carboxylic acids is 1. The SMILES string of the molecule is C=CCCOCC(=O)c1ccccc1F. The molecule has 0 atom stereocenters. The molecule has 0 aliphatic heterocycles. The summed E-state index contributed by atoms with van der Waals surface area (Å²) in [6.45, 7) is 3.87. The number of ether oxygens (including phenoxy) is 1. The Kier molecular flexibility index (Phi) is 4.71. The quantitative estimate of drug-likeness (QED) is 0.408. The maximum atomic E-state index is 13.1. The minimum Gasteiger partial charge on any atom is -0.373 e. The molecule has 0 aromatic heterocycles. The number of ketones is 1. The third kappa shape index (κ3) is 3.64. The van der Waals surface area contributed by atoms with Gasteiger partial charge in [-0.25, -0.2) is 4.39 Å². The van der Waals surface area contributed by atoms with E-state index in [-0.39, 0.29) is 18.0 Å². The molecule has 1 aromatic rings. The van der Waals surface area contributed by atoms with Crippen LogP contribution in [0.1, 0.15) is 16.8 Å². The molecule has 15 heavy (non-hydrogen) atoms. The van der Waals surface area contributed by atoms with Gasteiger partial charge in [0.2, 0.25) is 0 Å². The van der Waals surface area contributed by atoms with E-state index in [0.717, 1.165) is 0 Å². The average Bonchev–Trinajstić information content (AvgIpc) is 2.25. The topological polar surface area (TPSA) is 26.3 Å². The van der Waals surface area contributed by atoms with Crippen molar-refractivity contribution in [1.82, 2.24) is 0 Å². The van der Waals surface area contributed by atoms with Crippen LogP contribution in [0, 0.1) is 5.82 Å². The van der Waals surface area contributed by atoms with Crippen LogP contribution in [-0.4, -0.2) is 19.0 Å². The summed E-state index contributed by atoms with van der Waals surface area (Å²) >= 11 is 0. The summed E-state index contributed by atoms with van der Waals surface area (Å²) in [5, 5.41) is 0. The van der Waals surface area contributed by atoms with Crippen LogP contribution in [0.15, 0.2) is 36.9 Å². The summed E-state index contributed by atoms with van der Waals surface area (Å²) in [5.41, 5.74) is 0.0797. The smallest absolute Gasteiger partial charge is 0.191 e. The van der Waals surface area contributed by atoms with E-state index in [4.69, 9.17) is 4.74 Å². The van der Waals surface area contributed by atoms with Gasteiger partial charge in [0.1, 0.15) is 12.4 Å². The molecule has 1 rings (SSSR count). The van der Waals surface area contributed by atoms with Crippen LogP contribution in [0.5, 0.6) is 0 Å². The van der Waals surface area contributed by atoms with Crippen molar-refractivity contribution >= 4 is 5.78 Å². The average molecular weight is 208 g/mol. The lowest BCUT2D eigenvalue weighted by Gasteiger charge is -2.02. The maximum Gasteiger partial charge on any atom is 0.191 e. The first-order valence-electron chi connectivity index (χ1n) is 4.72. The van der Waals surface area contributed by atoms with Crippen molar-refractivity contribution in [2.75, 3.05) is 13.2 Å². The van der Waals surface area contributed by atoms with Gasteiger partial charge in [-0.2, -0.15) is 0 Å². The predicted molar refractivity (Wildman–Crippen MR) is 56.4 cm³/mol. The Balaban J connectivity index is 2.47. The fraction of sp³-hybridized carbons (Fsp3) is 0.250. The first-order chi connectivity index (χ1) is 7.25. The van der Waals surface area contributed by atoms with Crippen molar-refractivity contribution < 1.29 is 13.9 Å². The van der Waals surface area contributed by atoms with Gasteiger partial charge in [-0.3, -0.25) is 4.79 Å². The Hall–Kier alpha value is -1.48. The molecule has 0 saturated carbocycles. The van der Waals surface area contributed by atoms with Crippen LogP contribution in [0.3, 0.4) is 0 Å². The first-order valence-corrected chi connectivity index (χ1v) is 4.72. The zero-order valence-corrected chi connectivity index (χ0v) is 8.41. The highest BCUT2D eigenvalue weighted by atomic mass is 19.1. The van der Waals surface area contributed by atoms with Crippen molar-refractivity contribution in [2.45, 2.75) is 6.42 Å². The molecule has 0 heterocycles. The highest BCUT2D eigenvalue weighted by molar-refractivity contribution is 5.97. The lowest BCUT2D eigenvalue weighted by Crippen LogP contribution is -2.11. The molecule has 80 valence electrons. The standard InChI is InChI=1S/C12H13FO2/c1-2-3-8-15-9-12(14)10-6-4-5-7-11(10)13/h2,4-7H,1,3,8-9H2. The van der Waals surface area contributed by atoms with E-state index in [1.54, 1.807) is 18.2 Å². The number of Topliss-reactive ketones (excluding diaryl/α,β-unsaturated/α-hetero) is 1. The van der Waals surface area contributed by atoms with Crippen molar-refractivity contribution in [3.63, 3.8) is 0 Å². The Bertz CT molecular complexity index is 347. The van der Waals surface area contributed by atoms with Crippen LogP contribution in [0.25, 0.3) is 0 Å². The van der Waals surface area contributed by atoms with Gasteiger partial charge in [0, 0.05) is 0 Å². The molecule has 1 aromatic carbocycles. The van der Waals surface area contributed by atoms with Crippen molar-refractivity contribution in [1.29, 1.82) is 0 Å². The molecule has 0 N–H and O–H groups in total. The Morgan fingerprint density at radius 2 is 2.20 bits per heavy atom. The molecule has 0 spiro atoms. The first kappa shape index (κ1) is 11.6. The van der Waals surface area contributed by atoms with Crippen LogP contribution < -0.4 is 0 Å². The molecule has 0 aliphatic rings. The lowest BCUT2D eigenvalue weighted by atomic mass is 10.1. The van der Waals surface area contributed by atoms with Crippen molar-refractivity contribution in [2.24, 2.45) is 0 Å². The van der Waals surface area contributed by atoms with Gasteiger partial charge in [0.25, 0.3) is 0 Å². The predicted octanol–water partition coefficient (Wildman–Crippen LogP) is 2.60. The van der Waals surface area contributed by atoms with Gasteiger partial charge in [0.15, 0.2) is 5.78 Å². The summed E-state index contributed by atoms with van der Waals surface area (Å²) in [6.07, 6.45) is 2.39. The van der Waals surface area contributed by atoms with Gasteiger partial charge < -0.3 is 4.74 Å². The Labute approximate surface area is 88.4 Å². The number of carbonyl (C=O) groups is 1. The monoisotopic (exact) mass is 208 g/mol. The molecular weight excluding hydrogens is 195 g/mol. The van der Waals surface area contributed by atoms with Crippen molar-refractivity contribution in [3.05, 3.63) is 48.3 Å². The third-order valence-electron chi connectivity index (χ3n) is 1.87. The van der Waals surface area contributed by atoms with E-state index in [9.17, 15) is 9.18 Å². The second-order valence-corrected chi connectivity index (χ2v) is 3.03.